The molecule has 3 aliphatic heterocycles. The van der Waals surface area contributed by atoms with Gasteiger partial charge in [0.05, 0.1) is 0 Å². The molecule has 1 unspecified atom stereocenters. The molecular formula is C9H11F3O6. The highest BCUT2D eigenvalue weighted by Crippen LogP contribution is 2.52. The van der Waals surface area contributed by atoms with Gasteiger partial charge in [-0.15, -0.1) is 0 Å². The Morgan fingerprint density at radius 2 is 1.78 bits per heavy atom. The largest absolute Gasteiger partial charge is 0.422 e. The summed E-state index contributed by atoms with van der Waals surface area (Å²) in [6, 6.07) is 0. The number of hydrogen-bond acceptors (Lipinski definition) is 6. The van der Waals surface area contributed by atoms with E-state index in [0.29, 0.717) is 0 Å². The Bertz CT molecular complexity index is 363. The van der Waals surface area contributed by atoms with Gasteiger partial charge in [0, 0.05) is 7.11 Å². The second kappa shape index (κ2) is 3.56. The van der Waals surface area contributed by atoms with Gasteiger partial charge in [-0.1, -0.05) is 0 Å². The smallest absolute Gasteiger partial charge is 0.387 e. The number of alkyl halides is 3. The van der Waals surface area contributed by atoms with Crippen molar-refractivity contribution in [3.05, 3.63) is 0 Å². The predicted molar refractivity (Wildman–Crippen MR) is 46.2 cm³/mol. The average molecular weight is 272 g/mol. The Kier molecular flexibility index (Phi) is 2.48. The molecule has 4 rings (SSSR count). The molecule has 0 aromatic rings. The van der Waals surface area contributed by atoms with Crippen LogP contribution in [0.4, 0.5) is 13.2 Å². The van der Waals surface area contributed by atoms with E-state index in [2.05, 4.69) is 0 Å². The lowest BCUT2D eigenvalue weighted by Crippen LogP contribution is -2.83. The zero-order valence-corrected chi connectivity index (χ0v) is 9.13. The van der Waals surface area contributed by atoms with Crippen LogP contribution in [-0.4, -0.2) is 66.1 Å². The lowest BCUT2D eigenvalue weighted by molar-refractivity contribution is -0.525. The maximum Gasteiger partial charge on any atom is 0.422 e. The number of halogens is 3. The molecule has 0 radical (unpaired) electrons. The molecule has 0 spiro atoms. The molecular weight excluding hydrogens is 261 g/mol. The molecule has 2 N–H and O–H groups in total. The fourth-order valence-corrected chi connectivity index (χ4v) is 2.78. The van der Waals surface area contributed by atoms with E-state index in [1.165, 1.54) is 0 Å². The van der Waals surface area contributed by atoms with Crippen LogP contribution in [0.15, 0.2) is 0 Å². The molecule has 4 fully saturated rings. The van der Waals surface area contributed by atoms with Gasteiger partial charge in [0.15, 0.2) is 0 Å². The average Bonchev–Trinajstić information content (AvgIpc) is 2.29. The van der Waals surface area contributed by atoms with Gasteiger partial charge in [0.2, 0.25) is 5.60 Å². The summed E-state index contributed by atoms with van der Waals surface area (Å²) in [7, 11) is 1.16. The zero-order valence-electron chi connectivity index (χ0n) is 9.13. The third-order valence-corrected chi connectivity index (χ3v) is 3.65. The van der Waals surface area contributed by atoms with Crippen molar-refractivity contribution in [2.75, 3.05) is 7.11 Å². The highest BCUT2D eigenvalue weighted by molar-refractivity contribution is 5.17. The van der Waals surface area contributed by atoms with Crippen molar-refractivity contribution in [2.24, 2.45) is 0 Å². The van der Waals surface area contributed by atoms with E-state index >= 15 is 0 Å². The number of hydrogen-bond donors (Lipinski definition) is 2. The summed E-state index contributed by atoms with van der Waals surface area (Å²) in [5, 5.41) is 19.7. The minimum atomic E-state index is -5.02. The summed E-state index contributed by atoms with van der Waals surface area (Å²) in [6.07, 6.45) is -12.4. The van der Waals surface area contributed by atoms with E-state index in [4.69, 9.17) is 18.9 Å². The topological polar surface area (TPSA) is 77.4 Å². The third-order valence-electron chi connectivity index (χ3n) is 3.65. The van der Waals surface area contributed by atoms with E-state index in [-0.39, 0.29) is 0 Å². The Morgan fingerprint density at radius 1 is 1.17 bits per heavy atom. The molecule has 9 heteroatoms. The fourth-order valence-electron chi connectivity index (χ4n) is 2.78. The van der Waals surface area contributed by atoms with Crippen LogP contribution in [-0.2, 0) is 18.9 Å². The molecule has 3 heterocycles. The van der Waals surface area contributed by atoms with Crippen LogP contribution in [0.5, 0.6) is 0 Å². The van der Waals surface area contributed by atoms with Crippen molar-refractivity contribution in [2.45, 2.75) is 48.8 Å². The molecule has 104 valence electrons. The van der Waals surface area contributed by atoms with Crippen LogP contribution in [0.3, 0.4) is 0 Å². The van der Waals surface area contributed by atoms with Gasteiger partial charge in [0.25, 0.3) is 6.48 Å². The molecule has 6 nitrogen and oxygen atoms in total. The van der Waals surface area contributed by atoms with Crippen LogP contribution in [0.1, 0.15) is 0 Å². The van der Waals surface area contributed by atoms with Gasteiger partial charge >= 0.3 is 6.18 Å². The summed E-state index contributed by atoms with van der Waals surface area (Å²) in [5.41, 5.74) is -3.32. The summed E-state index contributed by atoms with van der Waals surface area (Å²) in [4.78, 5) is 0. The first-order chi connectivity index (χ1) is 8.30. The number of ether oxygens (including phenoxy) is 4. The Balaban J connectivity index is 2.06. The minimum Gasteiger partial charge on any atom is -0.387 e. The third kappa shape index (κ3) is 1.29. The van der Waals surface area contributed by atoms with Crippen molar-refractivity contribution in [1.29, 1.82) is 0 Å². The van der Waals surface area contributed by atoms with Gasteiger partial charge in [0.1, 0.15) is 30.5 Å². The lowest BCUT2D eigenvalue weighted by atomic mass is 9.72. The van der Waals surface area contributed by atoms with Crippen LogP contribution in [0, 0.1) is 0 Å². The van der Waals surface area contributed by atoms with Crippen molar-refractivity contribution >= 4 is 0 Å². The molecule has 3 saturated heterocycles. The van der Waals surface area contributed by atoms with E-state index in [1.807, 2.05) is 0 Å². The van der Waals surface area contributed by atoms with Crippen molar-refractivity contribution in [3.63, 3.8) is 0 Å². The monoisotopic (exact) mass is 272 g/mol. The van der Waals surface area contributed by atoms with Crippen molar-refractivity contribution in [1.82, 2.24) is 0 Å². The molecule has 18 heavy (non-hydrogen) atoms. The maximum absolute atomic E-state index is 13.1. The first kappa shape index (κ1) is 12.6. The van der Waals surface area contributed by atoms with Gasteiger partial charge in [-0.3, -0.25) is 0 Å². The number of aliphatic hydroxyl groups excluding tert-OH is 1. The lowest BCUT2D eigenvalue weighted by Gasteiger charge is -2.61. The van der Waals surface area contributed by atoms with E-state index in [0.717, 1.165) is 7.11 Å². The minimum absolute atomic E-state index is 1.01. The number of aliphatic hydroxyl groups is 2. The Morgan fingerprint density at radius 3 is 2.33 bits per heavy atom. The standard InChI is InChI=1S/C9H11F3O6/c1-15-4-3-2(13)5-8(14,9(10,11)12)6(4)18-7(16-3)17-5/h2-7,13-14H,1H3/t2?,3-,4+,5+,6-,7+,8+/m1/s1. The van der Waals surface area contributed by atoms with Gasteiger partial charge < -0.3 is 29.2 Å². The molecule has 7 atom stereocenters. The summed E-state index contributed by atoms with van der Waals surface area (Å²) < 4.78 is 58.7. The molecule has 0 amide bonds. The summed E-state index contributed by atoms with van der Waals surface area (Å²) in [6.45, 7) is -1.32. The molecule has 4 aliphatic rings. The summed E-state index contributed by atoms with van der Waals surface area (Å²) in [5.74, 6) is 0. The van der Waals surface area contributed by atoms with E-state index in [9.17, 15) is 23.4 Å². The van der Waals surface area contributed by atoms with Crippen LogP contribution in [0.25, 0.3) is 0 Å². The van der Waals surface area contributed by atoms with Crippen molar-refractivity contribution in [3.8, 4) is 0 Å². The van der Waals surface area contributed by atoms with Crippen molar-refractivity contribution < 1.29 is 42.3 Å². The normalized spacial score (nSPS) is 55.0. The first-order valence-electron chi connectivity index (χ1n) is 5.27. The predicted octanol–water partition coefficient (Wildman–Crippen LogP) is -0.864. The van der Waals surface area contributed by atoms with Gasteiger partial charge in [-0.2, -0.15) is 13.2 Å². The van der Waals surface area contributed by atoms with Gasteiger partial charge in [-0.05, 0) is 0 Å². The zero-order chi connectivity index (χ0) is 13.3. The van der Waals surface area contributed by atoms with Crippen LogP contribution < -0.4 is 0 Å². The molecule has 0 aromatic carbocycles. The SMILES string of the molecule is CO[C@H]1[C@@H]2O[C@@H]3O[C@H]1[C@](O)(C(F)(F)F)[C@@H](O3)C2O. The van der Waals surface area contributed by atoms with Gasteiger partial charge in [-0.25, -0.2) is 0 Å². The highest BCUT2D eigenvalue weighted by atomic mass is 19.4. The highest BCUT2D eigenvalue weighted by Gasteiger charge is 2.77. The Hall–Kier alpha value is -0.450. The fraction of sp³-hybridized carbons (Fsp3) is 1.00. The van der Waals surface area contributed by atoms with E-state index < -0.39 is 48.8 Å². The molecule has 1 aliphatic carbocycles. The second-order valence-corrected chi connectivity index (χ2v) is 4.52. The number of methoxy groups -OCH3 is 1. The second-order valence-electron chi connectivity index (χ2n) is 4.52. The number of rotatable bonds is 1. The molecule has 4 bridgehead atoms. The maximum atomic E-state index is 13.1. The summed E-state index contributed by atoms with van der Waals surface area (Å²) >= 11 is 0. The van der Waals surface area contributed by atoms with E-state index in [1.54, 1.807) is 0 Å². The molecule has 0 aromatic heterocycles. The molecule has 1 saturated carbocycles. The first-order valence-corrected chi connectivity index (χ1v) is 5.27. The quantitative estimate of drug-likeness (QED) is 0.646. The van der Waals surface area contributed by atoms with Crippen LogP contribution >= 0.6 is 0 Å². The van der Waals surface area contributed by atoms with Crippen LogP contribution in [0.2, 0.25) is 0 Å². The Labute approximate surface area is 99.2 Å².